The molecular formula is C13H18ClN3S. The largest absolute Gasteiger partial charge is 0.308 e. The highest BCUT2D eigenvalue weighted by Gasteiger charge is 2.15. The summed E-state index contributed by atoms with van der Waals surface area (Å²) in [7, 11) is 1.94. The van der Waals surface area contributed by atoms with Gasteiger partial charge in [0, 0.05) is 30.9 Å². The number of halogens is 1. The van der Waals surface area contributed by atoms with Gasteiger partial charge in [0.05, 0.1) is 9.21 Å². The summed E-state index contributed by atoms with van der Waals surface area (Å²) in [5.41, 5.74) is 2.32. The minimum atomic E-state index is 0.0974. The molecule has 0 aliphatic carbocycles. The molecule has 2 aromatic heterocycles. The van der Waals surface area contributed by atoms with Crippen LogP contribution in [0, 0.1) is 0 Å². The van der Waals surface area contributed by atoms with Gasteiger partial charge in [-0.2, -0.15) is 5.10 Å². The van der Waals surface area contributed by atoms with Gasteiger partial charge in [0.1, 0.15) is 5.69 Å². The molecule has 0 amide bonds. The maximum absolute atomic E-state index is 5.99. The first-order valence-corrected chi connectivity index (χ1v) is 7.08. The third kappa shape index (κ3) is 3.34. The summed E-state index contributed by atoms with van der Waals surface area (Å²) in [4.78, 5) is 1.12. The van der Waals surface area contributed by atoms with E-state index in [2.05, 4.69) is 37.4 Å². The molecule has 98 valence electrons. The minimum Gasteiger partial charge on any atom is -0.308 e. The molecule has 2 rings (SSSR count). The highest BCUT2D eigenvalue weighted by atomic mass is 35.5. The zero-order valence-electron chi connectivity index (χ0n) is 11.1. The summed E-state index contributed by atoms with van der Waals surface area (Å²) < 4.78 is 2.65. The fourth-order valence-electron chi connectivity index (χ4n) is 1.68. The maximum atomic E-state index is 5.99. The molecule has 0 saturated carbocycles. The smallest absolute Gasteiger partial charge is 0.107 e. The average molecular weight is 284 g/mol. The Morgan fingerprint density at radius 2 is 2.11 bits per heavy atom. The van der Waals surface area contributed by atoms with E-state index in [0.717, 1.165) is 21.5 Å². The lowest BCUT2D eigenvalue weighted by molar-refractivity contribution is 0.424. The molecule has 0 aliphatic rings. The van der Waals surface area contributed by atoms with Crippen molar-refractivity contribution in [2.75, 3.05) is 0 Å². The van der Waals surface area contributed by atoms with Crippen molar-refractivity contribution in [1.29, 1.82) is 0 Å². The molecule has 5 heteroatoms. The second-order valence-corrected chi connectivity index (χ2v) is 7.10. The number of hydrogen-bond donors (Lipinski definition) is 1. The van der Waals surface area contributed by atoms with E-state index in [1.165, 1.54) is 5.56 Å². The van der Waals surface area contributed by atoms with Gasteiger partial charge in [0.15, 0.2) is 0 Å². The van der Waals surface area contributed by atoms with Gasteiger partial charge < -0.3 is 5.32 Å². The fourth-order valence-corrected chi connectivity index (χ4v) is 2.74. The van der Waals surface area contributed by atoms with Crippen LogP contribution in [0.25, 0.3) is 10.6 Å². The van der Waals surface area contributed by atoms with Crippen molar-refractivity contribution in [3.63, 3.8) is 0 Å². The van der Waals surface area contributed by atoms with Crippen LogP contribution >= 0.6 is 22.9 Å². The number of aryl methyl sites for hydroxylation is 1. The minimum absolute atomic E-state index is 0.0974. The Balaban J connectivity index is 2.26. The van der Waals surface area contributed by atoms with Crippen LogP contribution in [-0.4, -0.2) is 15.3 Å². The summed E-state index contributed by atoms with van der Waals surface area (Å²) in [6.07, 6.45) is 2.06. The van der Waals surface area contributed by atoms with Crippen molar-refractivity contribution in [2.45, 2.75) is 32.9 Å². The van der Waals surface area contributed by atoms with E-state index in [-0.39, 0.29) is 5.54 Å². The van der Waals surface area contributed by atoms with E-state index in [4.69, 9.17) is 11.6 Å². The second-order valence-electron chi connectivity index (χ2n) is 5.38. The number of hydrogen-bond acceptors (Lipinski definition) is 3. The van der Waals surface area contributed by atoms with E-state index < -0.39 is 0 Å². The highest BCUT2D eigenvalue weighted by molar-refractivity contribution is 7.19. The lowest BCUT2D eigenvalue weighted by Gasteiger charge is -2.20. The van der Waals surface area contributed by atoms with E-state index in [0.29, 0.717) is 0 Å². The highest BCUT2D eigenvalue weighted by Crippen LogP contribution is 2.32. The number of thiophene rings is 1. The Labute approximate surface area is 117 Å². The third-order valence-corrected chi connectivity index (χ3v) is 3.76. The zero-order valence-corrected chi connectivity index (χ0v) is 12.7. The molecule has 1 N–H and O–H groups in total. The van der Waals surface area contributed by atoms with Crippen LogP contribution in [0.5, 0.6) is 0 Å². The normalized spacial score (nSPS) is 12.1. The van der Waals surface area contributed by atoms with Crippen LogP contribution in [0.15, 0.2) is 18.3 Å². The van der Waals surface area contributed by atoms with Gasteiger partial charge in [-0.15, -0.1) is 11.3 Å². The molecular weight excluding hydrogens is 266 g/mol. The second kappa shape index (κ2) is 5.03. The SMILES string of the molecule is Cn1cc(CNC(C)(C)C)c(-c2ccc(Cl)s2)n1. The van der Waals surface area contributed by atoms with Crippen molar-refractivity contribution in [1.82, 2.24) is 15.1 Å². The van der Waals surface area contributed by atoms with Gasteiger partial charge >= 0.3 is 0 Å². The van der Waals surface area contributed by atoms with Crippen LogP contribution < -0.4 is 5.32 Å². The van der Waals surface area contributed by atoms with Gasteiger partial charge in [-0.1, -0.05) is 11.6 Å². The number of nitrogens with one attached hydrogen (secondary N) is 1. The zero-order chi connectivity index (χ0) is 13.3. The maximum Gasteiger partial charge on any atom is 0.107 e. The van der Waals surface area contributed by atoms with Gasteiger partial charge in [0.2, 0.25) is 0 Å². The van der Waals surface area contributed by atoms with Crippen molar-refractivity contribution in [2.24, 2.45) is 7.05 Å². The summed E-state index contributed by atoms with van der Waals surface area (Å²) >= 11 is 7.55. The Morgan fingerprint density at radius 1 is 1.39 bits per heavy atom. The van der Waals surface area contributed by atoms with E-state index in [9.17, 15) is 0 Å². The molecule has 0 radical (unpaired) electrons. The van der Waals surface area contributed by atoms with Gasteiger partial charge in [0.25, 0.3) is 0 Å². The Morgan fingerprint density at radius 3 is 2.67 bits per heavy atom. The summed E-state index contributed by atoms with van der Waals surface area (Å²) in [5.74, 6) is 0. The molecule has 0 fully saturated rings. The van der Waals surface area contributed by atoms with Gasteiger partial charge in [-0.3, -0.25) is 4.68 Å². The van der Waals surface area contributed by atoms with Crippen molar-refractivity contribution in [3.05, 3.63) is 28.2 Å². The van der Waals surface area contributed by atoms with Crippen LogP contribution in [-0.2, 0) is 13.6 Å². The summed E-state index contributed by atoms with van der Waals surface area (Å²) in [6, 6.07) is 3.94. The first kappa shape index (κ1) is 13.6. The van der Waals surface area contributed by atoms with E-state index in [1.54, 1.807) is 11.3 Å². The molecule has 0 saturated heterocycles. The molecule has 0 atom stereocenters. The Bertz CT molecular complexity index is 537. The summed E-state index contributed by atoms with van der Waals surface area (Å²) in [5, 5.41) is 8.01. The predicted molar refractivity (Wildman–Crippen MR) is 78.1 cm³/mol. The number of nitrogens with zero attached hydrogens (tertiary/aromatic N) is 2. The fraction of sp³-hybridized carbons (Fsp3) is 0.462. The molecule has 2 heterocycles. The van der Waals surface area contributed by atoms with Gasteiger partial charge in [-0.05, 0) is 32.9 Å². The summed E-state index contributed by atoms with van der Waals surface area (Å²) in [6.45, 7) is 7.28. The lowest BCUT2D eigenvalue weighted by Crippen LogP contribution is -2.35. The molecule has 0 spiro atoms. The van der Waals surface area contributed by atoms with Crippen LogP contribution in [0.2, 0.25) is 4.34 Å². The number of aromatic nitrogens is 2. The van der Waals surface area contributed by atoms with E-state index in [1.807, 2.05) is 23.9 Å². The first-order valence-electron chi connectivity index (χ1n) is 5.88. The predicted octanol–water partition coefficient (Wildman–Crippen LogP) is 3.69. The first-order chi connectivity index (χ1) is 8.35. The Hall–Kier alpha value is -0.840. The molecule has 0 bridgehead atoms. The van der Waals surface area contributed by atoms with Crippen molar-refractivity contribution < 1.29 is 0 Å². The van der Waals surface area contributed by atoms with Gasteiger partial charge in [-0.25, -0.2) is 0 Å². The van der Waals surface area contributed by atoms with Crippen molar-refractivity contribution in [3.8, 4) is 10.6 Å². The quantitative estimate of drug-likeness (QED) is 0.931. The molecule has 3 nitrogen and oxygen atoms in total. The van der Waals surface area contributed by atoms with Crippen LogP contribution in [0.4, 0.5) is 0 Å². The molecule has 18 heavy (non-hydrogen) atoms. The van der Waals surface area contributed by atoms with Crippen LogP contribution in [0.3, 0.4) is 0 Å². The lowest BCUT2D eigenvalue weighted by atomic mass is 10.1. The standard InChI is InChI=1S/C13H18ClN3S/c1-13(2,3)15-7-9-8-17(4)16-12(9)10-5-6-11(14)18-10/h5-6,8,15H,7H2,1-4H3. The van der Waals surface area contributed by atoms with E-state index >= 15 is 0 Å². The number of rotatable bonds is 3. The monoisotopic (exact) mass is 283 g/mol. The molecule has 0 aromatic carbocycles. The average Bonchev–Trinajstić information content (AvgIpc) is 2.80. The molecule has 2 aromatic rings. The Kier molecular flexibility index (Phi) is 3.80. The topological polar surface area (TPSA) is 29.9 Å². The third-order valence-electron chi connectivity index (χ3n) is 2.52. The van der Waals surface area contributed by atoms with Crippen molar-refractivity contribution >= 4 is 22.9 Å². The molecule has 0 unspecified atom stereocenters. The van der Waals surface area contributed by atoms with Crippen LogP contribution in [0.1, 0.15) is 26.3 Å². The molecule has 0 aliphatic heterocycles.